The maximum atomic E-state index is 5.87. The molecule has 0 atom stereocenters. The molecule has 2 nitrogen and oxygen atoms in total. The van der Waals surface area contributed by atoms with Crippen LogP contribution in [-0.4, -0.2) is 19.7 Å². The van der Waals surface area contributed by atoms with Crippen molar-refractivity contribution in [2.75, 3.05) is 19.7 Å². The van der Waals surface area contributed by atoms with Crippen LogP contribution in [0.2, 0.25) is 5.02 Å². The van der Waals surface area contributed by atoms with Crippen LogP contribution in [0.3, 0.4) is 0 Å². The highest BCUT2D eigenvalue weighted by molar-refractivity contribution is 6.30. The lowest BCUT2D eigenvalue weighted by Gasteiger charge is -2.07. The van der Waals surface area contributed by atoms with Crippen molar-refractivity contribution in [1.82, 2.24) is 5.32 Å². The minimum absolute atomic E-state index is 0.726. The average Bonchev–Trinajstić information content (AvgIpc) is 2.33. The van der Waals surface area contributed by atoms with E-state index in [1.54, 1.807) is 0 Å². The van der Waals surface area contributed by atoms with Gasteiger partial charge < -0.3 is 10.1 Å². The van der Waals surface area contributed by atoms with Gasteiger partial charge in [0, 0.05) is 5.02 Å². The first-order chi connectivity index (χ1) is 8.33. The van der Waals surface area contributed by atoms with Crippen molar-refractivity contribution in [2.24, 2.45) is 0 Å². The standard InChI is InChI=1S/C14H22ClNO/c1-2-3-9-16-10-4-5-11-17-14-8-6-7-13(15)12-14/h6-8,12,16H,2-5,9-11H2,1H3. The molecule has 0 aromatic heterocycles. The fourth-order valence-electron chi connectivity index (χ4n) is 1.53. The number of hydrogen-bond acceptors (Lipinski definition) is 2. The lowest BCUT2D eigenvalue weighted by molar-refractivity contribution is 0.306. The number of hydrogen-bond donors (Lipinski definition) is 1. The molecule has 0 heterocycles. The highest BCUT2D eigenvalue weighted by Gasteiger charge is 1.95. The predicted molar refractivity (Wildman–Crippen MR) is 74.0 cm³/mol. The second kappa shape index (κ2) is 9.32. The fraction of sp³-hybridized carbons (Fsp3) is 0.571. The first kappa shape index (κ1) is 14.3. The van der Waals surface area contributed by atoms with E-state index in [-0.39, 0.29) is 0 Å². The summed E-state index contributed by atoms with van der Waals surface area (Å²) in [5, 5.41) is 4.14. The molecule has 0 amide bonds. The van der Waals surface area contributed by atoms with Crippen LogP contribution in [0.15, 0.2) is 24.3 Å². The summed E-state index contributed by atoms with van der Waals surface area (Å²) >= 11 is 5.87. The summed E-state index contributed by atoms with van der Waals surface area (Å²) in [4.78, 5) is 0. The Morgan fingerprint density at radius 2 is 2.00 bits per heavy atom. The van der Waals surface area contributed by atoms with Gasteiger partial charge in [-0.15, -0.1) is 0 Å². The number of nitrogens with one attached hydrogen (secondary N) is 1. The molecular formula is C14H22ClNO. The van der Waals surface area contributed by atoms with E-state index in [2.05, 4.69) is 12.2 Å². The van der Waals surface area contributed by atoms with E-state index in [1.807, 2.05) is 24.3 Å². The molecule has 1 aromatic carbocycles. The first-order valence-electron chi connectivity index (χ1n) is 6.42. The van der Waals surface area contributed by atoms with Gasteiger partial charge in [0.05, 0.1) is 6.61 Å². The number of halogens is 1. The molecule has 96 valence electrons. The molecule has 0 unspecified atom stereocenters. The van der Waals surface area contributed by atoms with E-state index in [0.717, 1.165) is 43.3 Å². The highest BCUT2D eigenvalue weighted by atomic mass is 35.5. The second-order valence-corrected chi connectivity index (χ2v) is 4.55. The van der Waals surface area contributed by atoms with Gasteiger partial charge in [-0.05, 0) is 50.6 Å². The van der Waals surface area contributed by atoms with Crippen LogP contribution >= 0.6 is 11.6 Å². The monoisotopic (exact) mass is 255 g/mol. The van der Waals surface area contributed by atoms with Crippen molar-refractivity contribution in [2.45, 2.75) is 32.6 Å². The van der Waals surface area contributed by atoms with Crippen molar-refractivity contribution in [1.29, 1.82) is 0 Å². The van der Waals surface area contributed by atoms with Crippen LogP contribution in [0, 0.1) is 0 Å². The van der Waals surface area contributed by atoms with Gasteiger partial charge in [-0.1, -0.05) is 31.0 Å². The van der Waals surface area contributed by atoms with Gasteiger partial charge in [0.1, 0.15) is 5.75 Å². The summed E-state index contributed by atoms with van der Waals surface area (Å²) < 4.78 is 5.60. The van der Waals surface area contributed by atoms with Crippen LogP contribution in [-0.2, 0) is 0 Å². The largest absolute Gasteiger partial charge is 0.494 e. The Labute approximate surface area is 109 Å². The predicted octanol–water partition coefficient (Wildman–Crippen LogP) is 3.89. The summed E-state index contributed by atoms with van der Waals surface area (Å²) in [5.41, 5.74) is 0. The van der Waals surface area contributed by atoms with E-state index in [1.165, 1.54) is 12.8 Å². The summed E-state index contributed by atoms with van der Waals surface area (Å²) in [6.45, 7) is 5.18. The van der Waals surface area contributed by atoms with Crippen molar-refractivity contribution in [3.8, 4) is 5.75 Å². The topological polar surface area (TPSA) is 21.3 Å². The molecule has 0 bridgehead atoms. The molecule has 0 spiro atoms. The summed E-state index contributed by atoms with van der Waals surface area (Å²) in [6.07, 6.45) is 4.75. The third kappa shape index (κ3) is 7.24. The Balaban J connectivity index is 1.97. The van der Waals surface area contributed by atoms with Gasteiger partial charge in [-0.25, -0.2) is 0 Å². The Morgan fingerprint density at radius 3 is 2.76 bits per heavy atom. The molecule has 3 heteroatoms. The average molecular weight is 256 g/mol. The second-order valence-electron chi connectivity index (χ2n) is 4.12. The lowest BCUT2D eigenvalue weighted by Crippen LogP contribution is -2.17. The highest BCUT2D eigenvalue weighted by Crippen LogP contribution is 2.17. The molecule has 0 fully saturated rings. The third-order valence-corrected chi connectivity index (χ3v) is 2.75. The maximum absolute atomic E-state index is 5.87. The maximum Gasteiger partial charge on any atom is 0.120 e. The van der Waals surface area contributed by atoms with Gasteiger partial charge in [0.2, 0.25) is 0 Å². The molecule has 1 N–H and O–H groups in total. The van der Waals surface area contributed by atoms with Crippen LogP contribution in [0.4, 0.5) is 0 Å². The summed E-state index contributed by atoms with van der Waals surface area (Å²) in [7, 11) is 0. The van der Waals surface area contributed by atoms with E-state index >= 15 is 0 Å². The fourth-order valence-corrected chi connectivity index (χ4v) is 1.71. The van der Waals surface area contributed by atoms with Crippen molar-refractivity contribution in [3.63, 3.8) is 0 Å². The van der Waals surface area contributed by atoms with Crippen LogP contribution in [0.5, 0.6) is 5.75 Å². The zero-order valence-electron chi connectivity index (χ0n) is 10.5. The van der Waals surface area contributed by atoms with Crippen LogP contribution in [0.1, 0.15) is 32.6 Å². The molecular weight excluding hydrogens is 234 g/mol. The molecule has 0 radical (unpaired) electrons. The smallest absolute Gasteiger partial charge is 0.120 e. The SMILES string of the molecule is CCCCNCCCCOc1cccc(Cl)c1. The number of rotatable bonds is 9. The minimum Gasteiger partial charge on any atom is -0.494 e. The van der Waals surface area contributed by atoms with E-state index in [0.29, 0.717) is 0 Å². The van der Waals surface area contributed by atoms with Crippen molar-refractivity contribution >= 4 is 11.6 Å². The van der Waals surface area contributed by atoms with Gasteiger partial charge in [0.15, 0.2) is 0 Å². The Morgan fingerprint density at radius 1 is 1.18 bits per heavy atom. The molecule has 1 aromatic rings. The number of unbranched alkanes of at least 4 members (excludes halogenated alkanes) is 2. The molecule has 0 saturated heterocycles. The Hall–Kier alpha value is -0.730. The van der Waals surface area contributed by atoms with Crippen LogP contribution < -0.4 is 10.1 Å². The summed E-state index contributed by atoms with van der Waals surface area (Å²) in [6, 6.07) is 7.54. The van der Waals surface area contributed by atoms with Gasteiger partial charge in [0.25, 0.3) is 0 Å². The molecule has 0 saturated carbocycles. The van der Waals surface area contributed by atoms with E-state index in [4.69, 9.17) is 16.3 Å². The molecule has 0 aliphatic heterocycles. The number of benzene rings is 1. The van der Waals surface area contributed by atoms with Crippen LogP contribution in [0.25, 0.3) is 0 Å². The van der Waals surface area contributed by atoms with Gasteiger partial charge in [-0.2, -0.15) is 0 Å². The quantitative estimate of drug-likeness (QED) is 0.676. The Kier molecular flexibility index (Phi) is 7.85. The molecule has 17 heavy (non-hydrogen) atoms. The third-order valence-electron chi connectivity index (χ3n) is 2.52. The molecule has 1 rings (SSSR count). The van der Waals surface area contributed by atoms with E-state index in [9.17, 15) is 0 Å². The van der Waals surface area contributed by atoms with Gasteiger partial charge in [-0.3, -0.25) is 0 Å². The first-order valence-corrected chi connectivity index (χ1v) is 6.80. The van der Waals surface area contributed by atoms with Crippen molar-refractivity contribution in [3.05, 3.63) is 29.3 Å². The zero-order valence-corrected chi connectivity index (χ0v) is 11.3. The van der Waals surface area contributed by atoms with Gasteiger partial charge >= 0.3 is 0 Å². The zero-order chi connectivity index (χ0) is 12.3. The van der Waals surface area contributed by atoms with Crippen molar-refractivity contribution < 1.29 is 4.74 Å². The molecule has 0 aliphatic carbocycles. The van der Waals surface area contributed by atoms with E-state index < -0.39 is 0 Å². The number of ether oxygens (including phenoxy) is 1. The summed E-state index contributed by atoms with van der Waals surface area (Å²) in [5.74, 6) is 0.858. The normalized spacial score (nSPS) is 10.5. The lowest BCUT2D eigenvalue weighted by atomic mass is 10.3. The Bertz CT molecular complexity index is 304. The minimum atomic E-state index is 0.726. The molecule has 0 aliphatic rings.